The van der Waals surface area contributed by atoms with E-state index in [1.54, 1.807) is 0 Å². The predicted octanol–water partition coefficient (Wildman–Crippen LogP) is 4.66. The second-order valence-electron chi connectivity index (χ2n) is 5.66. The van der Waals surface area contributed by atoms with Crippen LogP contribution in [0.5, 0.6) is 0 Å². The number of fused-ring (bicyclic) bond motifs is 1. The summed E-state index contributed by atoms with van der Waals surface area (Å²) in [4.78, 5) is 0. The zero-order valence-electron chi connectivity index (χ0n) is 12.5. The summed E-state index contributed by atoms with van der Waals surface area (Å²) in [5.74, 6) is 1.81. The lowest BCUT2D eigenvalue weighted by atomic mass is 10.00. The van der Waals surface area contributed by atoms with Gasteiger partial charge in [-0.05, 0) is 32.3 Å². The topological polar surface area (TPSA) is 25.2 Å². The lowest BCUT2D eigenvalue weighted by Gasteiger charge is -2.17. The van der Waals surface area contributed by atoms with Gasteiger partial charge in [0.2, 0.25) is 0 Å². The standard InChI is InChI=1S/C17H25NO/c1-5-12(2)10-13(3)18-11-16-14(4)19-17-9-7-6-8-15(16)17/h6-9,12-13,18H,5,10-11H2,1-4H3. The summed E-state index contributed by atoms with van der Waals surface area (Å²) in [6.07, 6.45) is 2.48. The van der Waals surface area contributed by atoms with Crippen LogP contribution >= 0.6 is 0 Å². The number of hydrogen-bond donors (Lipinski definition) is 1. The van der Waals surface area contributed by atoms with E-state index in [0.717, 1.165) is 23.8 Å². The molecule has 0 fully saturated rings. The highest BCUT2D eigenvalue weighted by Crippen LogP contribution is 2.25. The average Bonchev–Trinajstić information content (AvgIpc) is 2.71. The normalized spacial score (nSPS) is 14.7. The van der Waals surface area contributed by atoms with Crippen molar-refractivity contribution in [1.82, 2.24) is 5.32 Å². The molecule has 0 spiro atoms. The van der Waals surface area contributed by atoms with Crippen molar-refractivity contribution in [3.05, 3.63) is 35.6 Å². The second-order valence-corrected chi connectivity index (χ2v) is 5.66. The average molecular weight is 259 g/mol. The van der Waals surface area contributed by atoms with Gasteiger partial charge in [0.1, 0.15) is 11.3 Å². The molecule has 1 aromatic carbocycles. The summed E-state index contributed by atoms with van der Waals surface area (Å²) in [5, 5.41) is 4.86. The Hall–Kier alpha value is -1.28. The van der Waals surface area contributed by atoms with E-state index in [1.165, 1.54) is 23.8 Å². The first-order valence-electron chi connectivity index (χ1n) is 7.32. The maximum Gasteiger partial charge on any atom is 0.134 e. The molecule has 0 saturated heterocycles. The van der Waals surface area contributed by atoms with Gasteiger partial charge < -0.3 is 9.73 Å². The van der Waals surface area contributed by atoms with E-state index in [9.17, 15) is 0 Å². The molecule has 0 saturated carbocycles. The number of nitrogens with one attached hydrogen (secondary N) is 1. The van der Waals surface area contributed by atoms with Gasteiger partial charge in [0.15, 0.2) is 0 Å². The van der Waals surface area contributed by atoms with Crippen LogP contribution in [0.15, 0.2) is 28.7 Å². The molecule has 2 atom stereocenters. The lowest BCUT2D eigenvalue weighted by Crippen LogP contribution is -2.27. The number of hydrogen-bond acceptors (Lipinski definition) is 2. The molecule has 0 aliphatic rings. The monoisotopic (exact) mass is 259 g/mol. The first-order valence-corrected chi connectivity index (χ1v) is 7.32. The maximum atomic E-state index is 5.79. The van der Waals surface area contributed by atoms with E-state index in [1.807, 2.05) is 12.1 Å². The highest BCUT2D eigenvalue weighted by atomic mass is 16.3. The van der Waals surface area contributed by atoms with Crippen molar-refractivity contribution in [2.75, 3.05) is 0 Å². The van der Waals surface area contributed by atoms with Gasteiger partial charge in [0.05, 0.1) is 0 Å². The molecule has 1 heterocycles. The van der Waals surface area contributed by atoms with Crippen molar-refractivity contribution in [1.29, 1.82) is 0 Å². The third-order valence-corrected chi connectivity index (χ3v) is 3.98. The minimum atomic E-state index is 0.544. The Morgan fingerprint density at radius 1 is 1.21 bits per heavy atom. The minimum Gasteiger partial charge on any atom is -0.461 e. The zero-order chi connectivity index (χ0) is 13.8. The zero-order valence-corrected chi connectivity index (χ0v) is 12.5. The fraction of sp³-hybridized carbons (Fsp3) is 0.529. The van der Waals surface area contributed by atoms with Crippen LogP contribution in [-0.4, -0.2) is 6.04 Å². The maximum absolute atomic E-state index is 5.79. The molecule has 1 aromatic heterocycles. The smallest absolute Gasteiger partial charge is 0.134 e. The van der Waals surface area contributed by atoms with Crippen LogP contribution in [0.3, 0.4) is 0 Å². The van der Waals surface area contributed by atoms with Crippen LogP contribution in [0.25, 0.3) is 11.0 Å². The van der Waals surface area contributed by atoms with Crippen LogP contribution in [0.2, 0.25) is 0 Å². The summed E-state index contributed by atoms with van der Waals surface area (Å²) in [7, 11) is 0. The molecule has 1 N–H and O–H groups in total. The Balaban J connectivity index is 2.03. The third kappa shape index (κ3) is 3.38. The van der Waals surface area contributed by atoms with Gasteiger partial charge in [-0.3, -0.25) is 0 Å². The molecule has 0 radical (unpaired) electrons. The van der Waals surface area contributed by atoms with E-state index < -0.39 is 0 Å². The molecule has 19 heavy (non-hydrogen) atoms. The largest absolute Gasteiger partial charge is 0.461 e. The first kappa shape index (κ1) is 14.1. The van der Waals surface area contributed by atoms with Crippen molar-refractivity contribution in [3.8, 4) is 0 Å². The van der Waals surface area contributed by atoms with Gasteiger partial charge in [-0.15, -0.1) is 0 Å². The predicted molar refractivity (Wildman–Crippen MR) is 81.3 cm³/mol. The molecule has 0 aliphatic heterocycles. The summed E-state index contributed by atoms with van der Waals surface area (Å²) in [5.41, 5.74) is 2.29. The van der Waals surface area contributed by atoms with Gasteiger partial charge in [-0.1, -0.05) is 38.5 Å². The number of rotatable bonds is 6. The molecule has 2 heteroatoms. The second kappa shape index (κ2) is 6.25. The highest BCUT2D eigenvalue weighted by molar-refractivity contribution is 5.82. The molecule has 0 bridgehead atoms. The summed E-state index contributed by atoms with van der Waals surface area (Å²) in [6.45, 7) is 9.78. The Bertz CT molecular complexity index is 529. The van der Waals surface area contributed by atoms with Gasteiger partial charge in [0, 0.05) is 23.5 Å². The number of para-hydroxylation sites is 1. The Kier molecular flexibility index (Phi) is 4.65. The molecule has 104 valence electrons. The Morgan fingerprint density at radius 2 is 1.95 bits per heavy atom. The number of benzene rings is 1. The molecular formula is C17H25NO. The van der Waals surface area contributed by atoms with Gasteiger partial charge in [0.25, 0.3) is 0 Å². The molecule has 0 amide bonds. The van der Waals surface area contributed by atoms with Crippen LogP contribution in [-0.2, 0) is 6.54 Å². The van der Waals surface area contributed by atoms with Gasteiger partial charge >= 0.3 is 0 Å². The molecular weight excluding hydrogens is 234 g/mol. The summed E-state index contributed by atoms with van der Waals surface area (Å²) < 4.78 is 5.79. The van der Waals surface area contributed by atoms with E-state index in [4.69, 9.17) is 4.42 Å². The lowest BCUT2D eigenvalue weighted by molar-refractivity contribution is 0.411. The SMILES string of the molecule is CCC(C)CC(C)NCc1c(C)oc2ccccc12. The van der Waals surface area contributed by atoms with Crippen molar-refractivity contribution in [3.63, 3.8) is 0 Å². The quantitative estimate of drug-likeness (QED) is 0.816. The molecule has 2 unspecified atom stereocenters. The van der Waals surface area contributed by atoms with E-state index in [2.05, 4.69) is 45.1 Å². The molecule has 0 aliphatic carbocycles. The van der Waals surface area contributed by atoms with E-state index in [0.29, 0.717) is 6.04 Å². The van der Waals surface area contributed by atoms with Crippen LogP contribution < -0.4 is 5.32 Å². The molecule has 2 aromatic rings. The van der Waals surface area contributed by atoms with E-state index >= 15 is 0 Å². The van der Waals surface area contributed by atoms with Crippen molar-refractivity contribution >= 4 is 11.0 Å². The fourth-order valence-electron chi connectivity index (χ4n) is 2.57. The van der Waals surface area contributed by atoms with Gasteiger partial charge in [-0.2, -0.15) is 0 Å². The fourth-order valence-corrected chi connectivity index (χ4v) is 2.57. The number of furan rings is 1. The summed E-state index contributed by atoms with van der Waals surface area (Å²) in [6, 6.07) is 8.82. The third-order valence-electron chi connectivity index (χ3n) is 3.98. The van der Waals surface area contributed by atoms with Crippen LogP contribution in [0, 0.1) is 12.8 Å². The van der Waals surface area contributed by atoms with Crippen molar-refractivity contribution in [2.24, 2.45) is 5.92 Å². The summed E-state index contributed by atoms with van der Waals surface area (Å²) >= 11 is 0. The minimum absolute atomic E-state index is 0.544. The first-order chi connectivity index (χ1) is 9.11. The molecule has 2 rings (SSSR count). The van der Waals surface area contributed by atoms with Crippen LogP contribution in [0.1, 0.15) is 44.9 Å². The Morgan fingerprint density at radius 3 is 2.68 bits per heavy atom. The van der Waals surface area contributed by atoms with Crippen molar-refractivity contribution < 1.29 is 4.42 Å². The highest BCUT2D eigenvalue weighted by Gasteiger charge is 2.12. The Labute approximate surface area is 116 Å². The number of aryl methyl sites for hydroxylation is 1. The molecule has 2 nitrogen and oxygen atoms in total. The van der Waals surface area contributed by atoms with Crippen molar-refractivity contribution in [2.45, 2.75) is 53.1 Å². The van der Waals surface area contributed by atoms with E-state index in [-0.39, 0.29) is 0 Å². The van der Waals surface area contributed by atoms with Gasteiger partial charge in [-0.25, -0.2) is 0 Å². The van der Waals surface area contributed by atoms with Crippen LogP contribution in [0.4, 0.5) is 0 Å².